The lowest BCUT2D eigenvalue weighted by Gasteiger charge is -2.15. The van der Waals surface area contributed by atoms with Gasteiger partial charge in [-0.2, -0.15) is 0 Å². The summed E-state index contributed by atoms with van der Waals surface area (Å²) in [6.07, 6.45) is 9.90. The number of anilines is 1. The van der Waals surface area contributed by atoms with Crippen LogP contribution in [0.15, 0.2) is 73.1 Å². The molecule has 26 heavy (non-hydrogen) atoms. The Morgan fingerprint density at radius 1 is 0.885 bits per heavy atom. The molecule has 4 rings (SSSR count). The van der Waals surface area contributed by atoms with E-state index < -0.39 is 0 Å². The summed E-state index contributed by atoms with van der Waals surface area (Å²) < 4.78 is 0. The molecule has 0 saturated carbocycles. The molecule has 1 N–H and O–H groups in total. The van der Waals surface area contributed by atoms with E-state index in [4.69, 9.17) is 0 Å². The second kappa shape index (κ2) is 8.18. The Morgan fingerprint density at radius 3 is 2.58 bits per heavy atom. The molecule has 3 aromatic rings. The minimum Gasteiger partial charge on any atom is -0.381 e. The van der Waals surface area contributed by atoms with Gasteiger partial charge >= 0.3 is 0 Å². The maximum absolute atomic E-state index is 4.07. The monoisotopic (exact) mass is 342 g/mol. The molecule has 1 aliphatic rings. The molecule has 1 heterocycles. The van der Waals surface area contributed by atoms with Crippen molar-refractivity contribution < 1.29 is 0 Å². The van der Waals surface area contributed by atoms with E-state index >= 15 is 0 Å². The molecule has 0 amide bonds. The second-order valence-electron chi connectivity index (χ2n) is 7.34. The van der Waals surface area contributed by atoms with E-state index in [1.54, 1.807) is 11.1 Å². The number of aryl methyl sites for hydroxylation is 1. The van der Waals surface area contributed by atoms with E-state index in [-0.39, 0.29) is 0 Å². The van der Waals surface area contributed by atoms with Gasteiger partial charge in [-0.1, -0.05) is 48.5 Å². The van der Waals surface area contributed by atoms with Gasteiger partial charge in [-0.15, -0.1) is 0 Å². The van der Waals surface area contributed by atoms with Crippen LogP contribution in [0.4, 0.5) is 5.69 Å². The number of hydrogen-bond acceptors (Lipinski definition) is 2. The van der Waals surface area contributed by atoms with Crippen molar-refractivity contribution in [3.8, 4) is 0 Å². The summed E-state index contributed by atoms with van der Waals surface area (Å²) in [6, 6.07) is 22.0. The highest BCUT2D eigenvalue weighted by atomic mass is 14.9. The van der Waals surface area contributed by atoms with Crippen LogP contribution in [0.2, 0.25) is 0 Å². The van der Waals surface area contributed by atoms with Crippen LogP contribution in [0, 0.1) is 5.92 Å². The average molecular weight is 342 g/mol. The fourth-order valence-corrected chi connectivity index (χ4v) is 4.01. The van der Waals surface area contributed by atoms with Crippen LogP contribution in [0.1, 0.15) is 35.1 Å². The van der Waals surface area contributed by atoms with Gasteiger partial charge in [0.15, 0.2) is 0 Å². The maximum Gasteiger partial charge on any atom is 0.0400 e. The molecule has 132 valence electrons. The van der Waals surface area contributed by atoms with E-state index in [0.717, 1.165) is 18.2 Å². The van der Waals surface area contributed by atoms with E-state index in [9.17, 15) is 0 Å². The number of fused-ring (bicyclic) bond motifs is 1. The van der Waals surface area contributed by atoms with Gasteiger partial charge in [0.05, 0.1) is 0 Å². The Balaban J connectivity index is 1.42. The lowest BCUT2D eigenvalue weighted by atomic mass is 9.90. The Kier molecular flexibility index (Phi) is 5.30. The number of aromatic nitrogens is 1. The quantitative estimate of drug-likeness (QED) is 0.625. The first-order valence-electron chi connectivity index (χ1n) is 9.65. The zero-order valence-electron chi connectivity index (χ0n) is 15.2. The van der Waals surface area contributed by atoms with Crippen molar-refractivity contribution in [1.29, 1.82) is 0 Å². The molecular weight excluding hydrogens is 316 g/mol. The Bertz CT molecular complexity index is 827. The predicted molar refractivity (Wildman–Crippen MR) is 108 cm³/mol. The number of rotatable bonds is 5. The van der Waals surface area contributed by atoms with Crippen LogP contribution >= 0.6 is 0 Å². The molecule has 0 spiro atoms. The Labute approximate surface area is 156 Å². The van der Waals surface area contributed by atoms with E-state index in [0.29, 0.717) is 0 Å². The maximum atomic E-state index is 4.07. The van der Waals surface area contributed by atoms with Gasteiger partial charge in [-0.3, -0.25) is 4.98 Å². The summed E-state index contributed by atoms with van der Waals surface area (Å²) >= 11 is 0. The molecule has 0 saturated heterocycles. The third-order valence-electron chi connectivity index (χ3n) is 5.38. The lowest BCUT2D eigenvalue weighted by molar-refractivity contribution is 0.478. The molecule has 1 aliphatic carbocycles. The number of hydrogen-bond donors (Lipinski definition) is 1. The highest BCUT2D eigenvalue weighted by molar-refractivity contribution is 5.42. The van der Waals surface area contributed by atoms with Crippen molar-refractivity contribution in [2.45, 2.75) is 38.6 Å². The third kappa shape index (κ3) is 4.32. The molecule has 2 aromatic carbocycles. The molecule has 0 fully saturated rings. The molecule has 1 aromatic heterocycles. The van der Waals surface area contributed by atoms with Crippen molar-refractivity contribution in [2.24, 2.45) is 5.92 Å². The Morgan fingerprint density at radius 2 is 1.73 bits per heavy atom. The summed E-state index contributed by atoms with van der Waals surface area (Å²) in [4.78, 5) is 4.07. The van der Waals surface area contributed by atoms with E-state index in [1.807, 2.05) is 24.5 Å². The first kappa shape index (κ1) is 16.8. The van der Waals surface area contributed by atoms with Gasteiger partial charge in [-0.05, 0) is 72.4 Å². The van der Waals surface area contributed by atoms with Crippen molar-refractivity contribution in [2.75, 3.05) is 5.32 Å². The number of nitrogens with zero attached hydrogens (tertiary/aromatic N) is 1. The van der Waals surface area contributed by atoms with Gasteiger partial charge in [0.25, 0.3) is 0 Å². The van der Waals surface area contributed by atoms with Crippen LogP contribution in [0.3, 0.4) is 0 Å². The van der Waals surface area contributed by atoms with Gasteiger partial charge in [0, 0.05) is 24.6 Å². The average Bonchev–Trinajstić information content (AvgIpc) is 2.89. The summed E-state index contributed by atoms with van der Waals surface area (Å²) in [5.41, 5.74) is 7.06. The van der Waals surface area contributed by atoms with E-state index in [1.165, 1.54) is 43.2 Å². The van der Waals surface area contributed by atoms with Crippen LogP contribution in [0.25, 0.3) is 0 Å². The predicted octanol–water partition coefficient (Wildman–Crippen LogP) is 5.43. The van der Waals surface area contributed by atoms with Gasteiger partial charge in [0.2, 0.25) is 0 Å². The Hall–Kier alpha value is -2.61. The van der Waals surface area contributed by atoms with Crippen LogP contribution in [-0.2, 0) is 25.8 Å². The van der Waals surface area contributed by atoms with Crippen molar-refractivity contribution in [3.05, 3.63) is 95.3 Å². The lowest BCUT2D eigenvalue weighted by Crippen LogP contribution is -2.07. The van der Waals surface area contributed by atoms with Crippen LogP contribution < -0.4 is 5.32 Å². The number of benzene rings is 2. The zero-order valence-corrected chi connectivity index (χ0v) is 15.2. The molecule has 1 atom stereocenters. The summed E-state index contributed by atoms with van der Waals surface area (Å²) in [5.74, 6) is 0.763. The summed E-state index contributed by atoms with van der Waals surface area (Å²) in [7, 11) is 0. The van der Waals surface area contributed by atoms with Crippen molar-refractivity contribution >= 4 is 5.69 Å². The second-order valence-corrected chi connectivity index (χ2v) is 7.34. The van der Waals surface area contributed by atoms with Gasteiger partial charge in [0.1, 0.15) is 0 Å². The zero-order chi connectivity index (χ0) is 17.6. The SMILES string of the molecule is c1ccc(CC2CCCc3cc(CNc4ccncc4)ccc3C2)cc1. The van der Waals surface area contributed by atoms with Gasteiger partial charge in [-0.25, -0.2) is 0 Å². The largest absolute Gasteiger partial charge is 0.381 e. The van der Waals surface area contributed by atoms with Crippen LogP contribution in [-0.4, -0.2) is 4.98 Å². The smallest absolute Gasteiger partial charge is 0.0400 e. The molecule has 0 radical (unpaired) electrons. The highest BCUT2D eigenvalue weighted by Crippen LogP contribution is 2.28. The molecule has 2 nitrogen and oxygen atoms in total. The molecule has 0 aliphatic heterocycles. The molecular formula is C24H26N2. The summed E-state index contributed by atoms with van der Waals surface area (Å²) in [6.45, 7) is 0.866. The third-order valence-corrected chi connectivity index (χ3v) is 5.38. The molecule has 2 heteroatoms. The molecule has 0 bridgehead atoms. The fraction of sp³-hybridized carbons (Fsp3) is 0.292. The number of pyridine rings is 1. The fourth-order valence-electron chi connectivity index (χ4n) is 4.01. The van der Waals surface area contributed by atoms with Crippen LogP contribution in [0.5, 0.6) is 0 Å². The standard InChI is InChI=1S/C24H26N2/c1-2-5-19(6-3-1)15-20-7-4-8-22-17-21(9-10-23(22)16-20)18-26-24-11-13-25-14-12-24/h1-3,5-6,9-14,17,20H,4,7-8,15-16,18H2,(H,25,26). The minimum atomic E-state index is 0.763. The van der Waals surface area contributed by atoms with Crippen molar-refractivity contribution in [3.63, 3.8) is 0 Å². The topological polar surface area (TPSA) is 24.9 Å². The molecule has 1 unspecified atom stereocenters. The highest BCUT2D eigenvalue weighted by Gasteiger charge is 2.17. The normalized spacial score (nSPS) is 16.5. The first-order chi connectivity index (χ1) is 12.9. The minimum absolute atomic E-state index is 0.763. The van der Waals surface area contributed by atoms with Crippen molar-refractivity contribution in [1.82, 2.24) is 4.98 Å². The summed E-state index contributed by atoms with van der Waals surface area (Å²) in [5, 5.41) is 3.48. The van der Waals surface area contributed by atoms with E-state index in [2.05, 4.69) is 58.8 Å². The first-order valence-corrected chi connectivity index (χ1v) is 9.65. The van der Waals surface area contributed by atoms with Gasteiger partial charge < -0.3 is 5.32 Å². The number of nitrogens with one attached hydrogen (secondary N) is 1.